The molecule has 0 aliphatic rings. The van der Waals surface area contributed by atoms with Gasteiger partial charge in [-0.2, -0.15) is 0 Å². The van der Waals surface area contributed by atoms with Crippen molar-refractivity contribution in [2.24, 2.45) is 11.7 Å². The Bertz CT molecular complexity index is 301. The van der Waals surface area contributed by atoms with E-state index in [4.69, 9.17) is 5.73 Å². The monoisotopic (exact) mass is 196 g/mol. The normalized spacial score (nSPS) is 14.0. The first kappa shape index (κ1) is 11.2. The lowest BCUT2D eigenvalue weighted by Crippen LogP contribution is -2.22. The average Bonchev–Trinajstić information content (AvgIpc) is 2.45. The molecule has 2 N–H and O–H groups in total. The van der Waals surface area contributed by atoms with E-state index < -0.39 is 0 Å². The van der Waals surface area contributed by atoms with Crippen LogP contribution in [0.15, 0.2) is 0 Å². The van der Waals surface area contributed by atoms with E-state index in [0.29, 0.717) is 12.0 Å². The van der Waals surface area contributed by atoms with Crippen molar-refractivity contribution in [3.63, 3.8) is 0 Å². The van der Waals surface area contributed by atoms with Crippen LogP contribution in [0.2, 0.25) is 0 Å². The zero-order valence-electron chi connectivity index (χ0n) is 9.65. The fourth-order valence-electron chi connectivity index (χ4n) is 1.55. The molecule has 14 heavy (non-hydrogen) atoms. The second kappa shape index (κ2) is 4.09. The molecule has 0 spiro atoms. The highest BCUT2D eigenvalue weighted by Crippen LogP contribution is 2.20. The van der Waals surface area contributed by atoms with Crippen LogP contribution in [-0.2, 0) is 0 Å². The molecule has 0 saturated carbocycles. The van der Waals surface area contributed by atoms with Crippen LogP contribution in [0.3, 0.4) is 0 Å². The maximum Gasteiger partial charge on any atom is 0.150 e. The summed E-state index contributed by atoms with van der Waals surface area (Å²) in [7, 11) is 0. The largest absolute Gasteiger partial charge is 0.321 e. The topological polar surface area (TPSA) is 56.7 Å². The molecule has 1 aromatic heterocycles. The van der Waals surface area contributed by atoms with Crippen LogP contribution in [-0.4, -0.2) is 14.8 Å². The maximum absolute atomic E-state index is 6.07. The van der Waals surface area contributed by atoms with Crippen molar-refractivity contribution < 1.29 is 0 Å². The van der Waals surface area contributed by atoms with E-state index >= 15 is 0 Å². The first-order valence-electron chi connectivity index (χ1n) is 5.12. The van der Waals surface area contributed by atoms with Crippen LogP contribution in [0.1, 0.15) is 51.4 Å². The number of hydrogen-bond acceptors (Lipinski definition) is 3. The molecule has 0 aromatic carbocycles. The number of hydrogen-bond donors (Lipinski definition) is 1. The maximum atomic E-state index is 6.07. The van der Waals surface area contributed by atoms with Crippen LogP contribution in [0.5, 0.6) is 0 Å². The summed E-state index contributed by atoms with van der Waals surface area (Å²) in [5.74, 6) is 2.22. The van der Waals surface area contributed by atoms with Crippen LogP contribution >= 0.6 is 0 Å². The molecule has 4 heteroatoms. The molecule has 0 amide bonds. The Kier molecular flexibility index (Phi) is 3.26. The van der Waals surface area contributed by atoms with Crippen molar-refractivity contribution in [1.29, 1.82) is 0 Å². The minimum atomic E-state index is -0.0291. The fraction of sp³-hybridized carbons (Fsp3) is 0.800. The predicted octanol–water partition coefficient (Wildman–Crippen LogP) is 1.82. The first-order chi connectivity index (χ1) is 6.45. The lowest BCUT2D eigenvalue weighted by atomic mass is 10.0. The highest BCUT2D eigenvalue weighted by molar-refractivity contribution is 5.01. The van der Waals surface area contributed by atoms with Crippen LogP contribution in [0.4, 0.5) is 0 Å². The Balaban J connectivity index is 3.09. The van der Waals surface area contributed by atoms with Crippen LogP contribution < -0.4 is 5.73 Å². The molecule has 1 rings (SSSR count). The molecule has 0 unspecified atom stereocenters. The smallest absolute Gasteiger partial charge is 0.150 e. The predicted molar refractivity (Wildman–Crippen MR) is 56.9 cm³/mol. The molecule has 0 fully saturated rings. The van der Waals surface area contributed by atoms with E-state index in [-0.39, 0.29) is 6.04 Å². The minimum Gasteiger partial charge on any atom is -0.321 e. The van der Waals surface area contributed by atoms with Crippen molar-refractivity contribution in [3.8, 4) is 0 Å². The van der Waals surface area contributed by atoms with Gasteiger partial charge in [0.1, 0.15) is 11.6 Å². The highest BCUT2D eigenvalue weighted by atomic mass is 15.3. The van der Waals surface area contributed by atoms with Crippen molar-refractivity contribution in [3.05, 3.63) is 11.6 Å². The van der Waals surface area contributed by atoms with Gasteiger partial charge in [0.2, 0.25) is 0 Å². The molecule has 80 valence electrons. The Morgan fingerprint density at radius 3 is 2.14 bits per heavy atom. The van der Waals surface area contributed by atoms with E-state index in [9.17, 15) is 0 Å². The van der Waals surface area contributed by atoms with Gasteiger partial charge >= 0.3 is 0 Å². The molecular formula is C10H20N4. The summed E-state index contributed by atoms with van der Waals surface area (Å²) in [6.07, 6.45) is 0. The van der Waals surface area contributed by atoms with Crippen LogP contribution in [0, 0.1) is 12.8 Å². The van der Waals surface area contributed by atoms with Gasteiger partial charge in [0.05, 0.1) is 6.04 Å². The van der Waals surface area contributed by atoms with Crippen molar-refractivity contribution >= 4 is 0 Å². The van der Waals surface area contributed by atoms with Gasteiger partial charge in [-0.3, -0.25) is 0 Å². The second-order valence-corrected chi connectivity index (χ2v) is 4.34. The van der Waals surface area contributed by atoms with Gasteiger partial charge in [0.25, 0.3) is 0 Å². The van der Waals surface area contributed by atoms with Gasteiger partial charge < -0.3 is 10.3 Å². The summed E-state index contributed by atoms with van der Waals surface area (Å²) < 4.78 is 2.10. The van der Waals surface area contributed by atoms with Crippen molar-refractivity contribution in [1.82, 2.24) is 14.8 Å². The standard InChI is InChI=1S/C10H20N4/c1-6(2)9(11)10-13-12-8(5)14(10)7(3)4/h6-7,9H,11H2,1-5H3/t9-/m0/s1. The zero-order valence-corrected chi connectivity index (χ0v) is 9.65. The number of aromatic nitrogens is 3. The van der Waals surface area contributed by atoms with Gasteiger partial charge in [-0.25, -0.2) is 0 Å². The summed E-state index contributed by atoms with van der Waals surface area (Å²) >= 11 is 0. The van der Waals surface area contributed by atoms with Gasteiger partial charge in [-0.15, -0.1) is 10.2 Å². The van der Waals surface area contributed by atoms with E-state index in [1.807, 2.05) is 6.92 Å². The molecule has 1 heterocycles. The van der Waals surface area contributed by atoms with Crippen molar-refractivity contribution in [2.45, 2.75) is 46.7 Å². The number of nitrogens with two attached hydrogens (primary N) is 1. The Morgan fingerprint density at radius 2 is 1.71 bits per heavy atom. The number of nitrogens with zero attached hydrogens (tertiary/aromatic N) is 3. The number of rotatable bonds is 3. The van der Waals surface area contributed by atoms with Crippen LogP contribution in [0.25, 0.3) is 0 Å². The zero-order chi connectivity index (χ0) is 10.9. The minimum absolute atomic E-state index is 0.0291. The van der Waals surface area contributed by atoms with Crippen molar-refractivity contribution in [2.75, 3.05) is 0 Å². The molecule has 0 bridgehead atoms. The Morgan fingerprint density at radius 1 is 1.14 bits per heavy atom. The summed E-state index contributed by atoms with van der Waals surface area (Å²) in [4.78, 5) is 0. The van der Waals surface area contributed by atoms with Gasteiger partial charge in [-0.05, 0) is 26.7 Å². The summed E-state index contributed by atoms with van der Waals surface area (Å²) in [6.45, 7) is 10.4. The SMILES string of the molecule is Cc1nnc([C@@H](N)C(C)C)n1C(C)C. The molecule has 1 aromatic rings. The molecule has 1 atom stereocenters. The average molecular weight is 196 g/mol. The highest BCUT2D eigenvalue weighted by Gasteiger charge is 2.20. The van der Waals surface area contributed by atoms with E-state index in [1.165, 1.54) is 0 Å². The summed E-state index contributed by atoms with van der Waals surface area (Å²) in [5, 5.41) is 8.22. The lowest BCUT2D eigenvalue weighted by molar-refractivity contribution is 0.445. The van der Waals surface area contributed by atoms with Gasteiger partial charge in [0.15, 0.2) is 0 Å². The van der Waals surface area contributed by atoms with Gasteiger partial charge in [0, 0.05) is 6.04 Å². The third-order valence-corrected chi connectivity index (χ3v) is 2.43. The number of aryl methyl sites for hydroxylation is 1. The Hall–Kier alpha value is -0.900. The summed E-state index contributed by atoms with van der Waals surface area (Å²) in [5.41, 5.74) is 6.07. The van der Waals surface area contributed by atoms with Gasteiger partial charge in [-0.1, -0.05) is 13.8 Å². The Labute approximate surface area is 85.5 Å². The lowest BCUT2D eigenvalue weighted by Gasteiger charge is -2.19. The molecule has 4 nitrogen and oxygen atoms in total. The molecular weight excluding hydrogens is 176 g/mol. The third kappa shape index (κ3) is 1.95. The second-order valence-electron chi connectivity index (χ2n) is 4.34. The fourth-order valence-corrected chi connectivity index (χ4v) is 1.55. The molecule has 0 radical (unpaired) electrons. The summed E-state index contributed by atoms with van der Waals surface area (Å²) in [6, 6.07) is 0.336. The first-order valence-corrected chi connectivity index (χ1v) is 5.12. The quantitative estimate of drug-likeness (QED) is 0.802. The molecule has 0 aliphatic heterocycles. The third-order valence-electron chi connectivity index (χ3n) is 2.43. The van der Waals surface area contributed by atoms with E-state index in [2.05, 4.69) is 42.5 Å². The van der Waals surface area contributed by atoms with E-state index in [1.54, 1.807) is 0 Å². The molecule has 0 saturated heterocycles. The molecule has 0 aliphatic carbocycles. The van der Waals surface area contributed by atoms with E-state index in [0.717, 1.165) is 11.6 Å².